The van der Waals surface area contributed by atoms with Crippen LogP contribution in [0.5, 0.6) is 0 Å². The fourth-order valence-corrected chi connectivity index (χ4v) is 2.76. The molecule has 0 bridgehead atoms. The molecule has 0 saturated heterocycles. The van der Waals surface area contributed by atoms with Gasteiger partial charge < -0.3 is 5.11 Å². The zero-order valence-electron chi connectivity index (χ0n) is 10.8. The highest BCUT2D eigenvalue weighted by molar-refractivity contribution is 4.85. The van der Waals surface area contributed by atoms with E-state index < -0.39 is 0 Å². The largest absolute Gasteiger partial charge is 0.393 e. The Balaban J connectivity index is 2.28. The third kappa shape index (κ3) is 4.14. The molecule has 90 valence electrons. The molecular formula is C14H28O. The predicted molar refractivity (Wildman–Crippen MR) is 65.9 cm³/mol. The van der Waals surface area contributed by atoms with Gasteiger partial charge in [-0.25, -0.2) is 0 Å². The second-order valence-corrected chi connectivity index (χ2v) is 6.06. The van der Waals surface area contributed by atoms with Gasteiger partial charge in [-0.3, -0.25) is 0 Å². The Morgan fingerprint density at radius 3 is 2.20 bits per heavy atom. The summed E-state index contributed by atoms with van der Waals surface area (Å²) in [5.41, 5.74) is 0.231. The molecule has 1 rings (SSSR count). The summed E-state index contributed by atoms with van der Waals surface area (Å²) in [5.74, 6) is 0.774. The minimum Gasteiger partial charge on any atom is -0.393 e. The number of hydrogen-bond donors (Lipinski definition) is 1. The molecular weight excluding hydrogens is 184 g/mol. The van der Waals surface area contributed by atoms with Crippen LogP contribution < -0.4 is 0 Å². The molecule has 1 heteroatoms. The quantitative estimate of drug-likeness (QED) is 0.726. The first-order valence-electron chi connectivity index (χ1n) is 6.73. The lowest BCUT2D eigenvalue weighted by Gasteiger charge is -2.38. The molecule has 15 heavy (non-hydrogen) atoms. The summed E-state index contributed by atoms with van der Waals surface area (Å²) in [6, 6.07) is 0. The molecule has 1 aliphatic carbocycles. The lowest BCUT2D eigenvalue weighted by molar-refractivity contribution is 0.00228. The van der Waals surface area contributed by atoms with E-state index in [1.54, 1.807) is 0 Å². The number of hydrogen-bond acceptors (Lipinski definition) is 1. The number of rotatable bonds is 5. The van der Waals surface area contributed by atoms with Crippen molar-refractivity contribution in [3.63, 3.8) is 0 Å². The minimum absolute atomic E-state index is 0.0588. The van der Waals surface area contributed by atoms with Gasteiger partial charge in [0.1, 0.15) is 0 Å². The van der Waals surface area contributed by atoms with Gasteiger partial charge >= 0.3 is 0 Å². The first-order chi connectivity index (χ1) is 7.04. The molecule has 1 N–H and O–H groups in total. The van der Waals surface area contributed by atoms with E-state index in [0.717, 1.165) is 12.3 Å². The van der Waals surface area contributed by atoms with E-state index in [-0.39, 0.29) is 11.5 Å². The maximum absolute atomic E-state index is 10.2. The van der Waals surface area contributed by atoms with Crippen LogP contribution in [0.3, 0.4) is 0 Å². The van der Waals surface area contributed by atoms with E-state index in [1.165, 1.54) is 44.9 Å². The Hall–Kier alpha value is -0.0400. The minimum atomic E-state index is -0.0588. The molecule has 1 nitrogen and oxygen atoms in total. The Bertz CT molecular complexity index is 168. The van der Waals surface area contributed by atoms with Crippen molar-refractivity contribution in [2.45, 2.75) is 78.2 Å². The average molecular weight is 212 g/mol. The monoisotopic (exact) mass is 212 g/mol. The molecule has 0 amide bonds. The first kappa shape index (κ1) is 13.0. The smallest absolute Gasteiger partial charge is 0.0593 e. The summed E-state index contributed by atoms with van der Waals surface area (Å²) in [5, 5.41) is 10.2. The highest BCUT2D eigenvalue weighted by Crippen LogP contribution is 2.40. The van der Waals surface area contributed by atoms with Gasteiger partial charge in [-0.05, 0) is 30.6 Å². The molecule has 0 spiro atoms. The van der Waals surface area contributed by atoms with E-state index in [2.05, 4.69) is 20.8 Å². The molecule has 0 aromatic carbocycles. The predicted octanol–water partition coefficient (Wildman–Crippen LogP) is 4.14. The summed E-state index contributed by atoms with van der Waals surface area (Å²) in [4.78, 5) is 0. The molecule has 1 saturated carbocycles. The third-order valence-corrected chi connectivity index (χ3v) is 4.06. The van der Waals surface area contributed by atoms with Crippen LogP contribution in [0.1, 0.15) is 72.1 Å². The molecule has 0 aromatic heterocycles. The van der Waals surface area contributed by atoms with Crippen LogP contribution in [0.4, 0.5) is 0 Å². The van der Waals surface area contributed by atoms with Crippen molar-refractivity contribution in [1.29, 1.82) is 0 Å². The van der Waals surface area contributed by atoms with E-state index in [4.69, 9.17) is 0 Å². The van der Waals surface area contributed by atoms with Crippen LogP contribution in [0, 0.1) is 11.3 Å². The number of aliphatic hydroxyl groups is 1. The van der Waals surface area contributed by atoms with Crippen LogP contribution in [-0.4, -0.2) is 11.2 Å². The zero-order valence-corrected chi connectivity index (χ0v) is 10.8. The van der Waals surface area contributed by atoms with Gasteiger partial charge in [0.2, 0.25) is 0 Å². The van der Waals surface area contributed by atoms with Crippen LogP contribution in [0.25, 0.3) is 0 Å². The van der Waals surface area contributed by atoms with Crippen molar-refractivity contribution < 1.29 is 5.11 Å². The molecule has 0 aliphatic heterocycles. The summed E-state index contributed by atoms with van der Waals surface area (Å²) in [6.45, 7) is 6.80. The maximum atomic E-state index is 10.2. The van der Waals surface area contributed by atoms with Gasteiger partial charge in [0.25, 0.3) is 0 Å². The normalized spacial score (nSPS) is 23.0. The van der Waals surface area contributed by atoms with Crippen molar-refractivity contribution in [1.82, 2.24) is 0 Å². The molecule has 0 radical (unpaired) electrons. The van der Waals surface area contributed by atoms with E-state index in [0.29, 0.717) is 0 Å². The van der Waals surface area contributed by atoms with Crippen molar-refractivity contribution in [3.8, 4) is 0 Å². The van der Waals surface area contributed by atoms with Crippen molar-refractivity contribution in [2.24, 2.45) is 11.3 Å². The molecule has 1 atom stereocenters. The standard InChI is InChI=1S/C14H28O/c1-12(2)8-7-9-13(15)14(3)10-5-4-6-11-14/h12-13,15H,4-11H2,1-3H3. The van der Waals surface area contributed by atoms with Gasteiger partial charge in [0.15, 0.2) is 0 Å². The molecule has 1 fully saturated rings. The summed E-state index contributed by atoms with van der Waals surface area (Å²) in [6.07, 6.45) is 9.86. The number of aliphatic hydroxyl groups excluding tert-OH is 1. The van der Waals surface area contributed by atoms with E-state index in [9.17, 15) is 5.11 Å². The van der Waals surface area contributed by atoms with Crippen LogP contribution >= 0.6 is 0 Å². The fraction of sp³-hybridized carbons (Fsp3) is 1.00. The lowest BCUT2D eigenvalue weighted by Crippen LogP contribution is -2.34. The Labute approximate surface area is 95.3 Å². The molecule has 0 aromatic rings. The Morgan fingerprint density at radius 2 is 1.67 bits per heavy atom. The first-order valence-corrected chi connectivity index (χ1v) is 6.73. The van der Waals surface area contributed by atoms with Gasteiger partial charge in [0, 0.05) is 0 Å². The van der Waals surface area contributed by atoms with Crippen molar-refractivity contribution in [3.05, 3.63) is 0 Å². The van der Waals surface area contributed by atoms with Crippen LogP contribution in [0.2, 0.25) is 0 Å². The third-order valence-electron chi connectivity index (χ3n) is 4.06. The van der Waals surface area contributed by atoms with Gasteiger partial charge in [0.05, 0.1) is 6.10 Å². The highest BCUT2D eigenvalue weighted by Gasteiger charge is 2.33. The van der Waals surface area contributed by atoms with E-state index in [1.807, 2.05) is 0 Å². The van der Waals surface area contributed by atoms with Crippen molar-refractivity contribution in [2.75, 3.05) is 0 Å². The van der Waals surface area contributed by atoms with Gasteiger partial charge in [-0.2, -0.15) is 0 Å². The van der Waals surface area contributed by atoms with Crippen LogP contribution in [-0.2, 0) is 0 Å². The molecule has 0 heterocycles. The fourth-order valence-electron chi connectivity index (χ4n) is 2.76. The van der Waals surface area contributed by atoms with Gasteiger partial charge in [-0.15, -0.1) is 0 Å². The van der Waals surface area contributed by atoms with E-state index >= 15 is 0 Å². The Kier molecular flexibility index (Phi) is 5.11. The SMILES string of the molecule is CC(C)CCCC(O)C1(C)CCCCC1. The molecule has 1 unspecified atom stereocenters. The van der Waals surface area contributed by atoms with Gasteiger partial charge in [-0.1, -0.05) is 52.9 Å². The van der Waals surface area contributed by atoms with Crippen molar-refractivity contribution >= 4 is 0 Å². The summed E-state index contributed by atoms with van der Waals surface area (Å²) >= 11 is 0. The lowest BCUT2D eigenvalue weighted by atomic mass is 9.70. The maximum Gasteiger partial charge on any atom is 0.0593 e. The topological polar surface area (TPSA) is 20.2 Å². The highest BCUT2D eigenvalue weighted by atomic mass is 16.3. The second kappa shape index (κ2) is 5.89. The average Bonchev–Trinajstić information content (AvgIpc) is 2.18. The Morgan fingerprint density at radius 1 is 1.07 bits per heavy atom. The molecule has 1 aliphatic rings. The summed E-state index contributed by atoms with van der Waals surface area (Å²) < 4.78 is 0. The summed E-state index contributed by atoms with van der Waals surface area (Å²) in [7, 11) is 0. The zero-order chi connectivity index (χ0) is 11.3. The van der Waals surface area contributed by atoms with Crippen LogP contribution in [0.15, 0.2) is 0 Å². The second-order valence-electron chi connectivity index (χ2n) is 6.06.